The van der Waals surface area contributed by atoms with E-state index in [0.717, 1.165) is 6.54 Å². The number of primary amides is 1. The molecule has 0 atom stereocenters. The summed E-state index contributed by atoms with van der Waals surface area (Å²) in [5, 5.41) is 3.26. The zero-order chi connectivity index (χ0) is 13.0. The third-order valence-electron chi connectivity index (χ3n) is 3.55. The quantitative estimate of drug-likeness (QED) is 0.841. The van der Waals surface area contributed by atoms with Crippen LogP contribution in [0.1, 0.15) is 41.6 Å². The van der Waals surface area contributed by atoms with Gasteiger partial charge in [0.2, 0.25) is 5.91 Å². The van der Waals surface area contributed by atoms with Crippen molar-refractivity contribution in [1.82, 2.24) is 5.32 Å². The summed E-state index contributed by atoms with van der Waals surface area (Å²) in [5.74, 6) is -0.0988. The van der Waals surface area contributed by atoms with E-state index in [1.807, 2.05) is 0 Å². The van der Waals surface area contributed by atoms with Gasteiger partial charge < -0.3 is 11.1 Å². The minimum Gasteiger partial charge on any atom is -0.366 e. The predicted molar refractivity (Wildman–Crippen MR) is 68.6 cm³/mol. The molecule has 1 saturated carbocycles. The minimum atomic E-state index is -0.521. The van der Waals surface area contributed by atoms with Crippen LogP contribution >= 0.6 is 0 Å². The van der Waals surface area contributed by atoms with Gasteiger partial charge >= 0.3 is 0 Å². The molecule has 0 unspecified atom stereocenters. The van der Waals surface area contributed by atoms with E-state index in [-0.39, 0.29) is 5.82 Å². The molecule has 0 heterocycles. The first kappa shape index (κ1) is 13.0. The zero-order valence-corrected chi connectivity index (χ0v) is 10.4. The maximum atomic E-state index is 13.5. The molecular formula is C14H19FN2O. The lowest BCUT2D eigenvalue weighted by Crippen LogP contribution is -2.21. The second-order valence-electron chi connectivity index (χ2n) is 4.95. The molecule has 1 fully saturated rings. The number of amides is 1. The van der Waals surface area contributed by atoms with E-state index in [9.17, 15) is 9.18 Å². The first-order valence-electron chi connectivity index (χ1n) is 6.46. The number of nitrogens with one attached hydrogen (secondary N) is 1. The molecule has 98 valence electrons. The predicted octanol–water partition coefficient (Wildman–Crippen LogP) is 2.20. The lowest BCUT2D eigenvalue weighted by atomic mass is 10.1. The Morgan fingerprint density at radius 1 is 1.39 bits per heavy atom. The Morgan fingerprint density at radius 2 is 2.11 bits per heavy atom. The molecule has 3 N–H and O–H groups in total. The van der Waals surface area contributed by atoms with Gasteiger partial charge in [0.1, 0.15) is 5.82 Å². The number of hydrogen-bond acceptors (Lipinski definition) is 2. The molecule has 0 bridgehead atoms. The van der Waals surface area contributed by atoms with Crippen LogP contribution in [0, 0.1) is 11.7 Å². The number of hydrogen-bond donors (Lipinski definition) is 2. The summed E-state index contributed by atoms with van der Waals surface area (Å²) in [6.45, 7) is 1.36. The van der Waals surface area contributed by atoms with Crippen molar-refractivity contribution in [1.29, 1.82) is 0 Å². The largest absolute Gasteiger partial charge is 0.366 e. The summed E-state index contributed by atoms with van der Waals surface area (Å²) in [6.07, 6.45) is 5.13. The van der Waals surface area contributed by atoms with Crippen LogP contribution in [-0.2, 0) is 6.54 Å². The van der Waals surface area contributed by atoms with Crippen LogP contribution in [0.25, 0.3) is 0 Å². The summed E-state index contributed by atoms with van der Waals surface area (Å²) < 4.78 is 13.5. The van der Waals surface area contributed by atoms with Crippen molar-refractivity contribution < 1.29 is 9.18 Å². The Hall–Kier alpha value is -1.42. The molecule has 1 amide bonds. The number of rotatable bonds is 5. The van der Waals surface area contributed by atoms with E-state index in [1.165, 1.54) is 43.9 Å². The van der Waals surface area contributed by atoms with Crippen LogP contribution in [-0.4, -0.2) is 12.5 Å². The smallest absolute Gasteiger partial charge is 0.248 e. The van der Waals surface area contributed by atoms with Crippen molar-refractivity contribution >= 4 is 5.91 Å². The van der Waals surface area contributed by atoms with Gasteiger partial charge in [0.25, 0.3) is 0 Å². The molecule has 4 heteroatoms. The lowest BCUT2D eigenvalue weighted by molar-refractivity contribution is 0.1000. The van der Waals surface area contributed by atoms with Crippen molar-refractivity contribution in [3.63, 3.8) is 0 Å². The Labute approximate surface area is 107 Å². The Kier molecular flexibility index (Phi) is 4.31. The van der Waals surface area contributed by atoms with E-state index < -0.39 is 5.91 Å². The monoisotopic (exact) mass is 250 g/mol. The fourth-order valence-corrected chi connectivity index (χ4v) is 2.49. The second-order valence-corrected chi connectivity index (χ2v) is 4.95. The van der Waals surface area contributed by atoms with Gasteiger partial charge in [0.05, 0.1) is 0 Å². The molecule has 3 nitrogen and oxygen atoms in total. The van der Waals surface area contributed by atoms with Crippen molar-refractivity contribution in [2.24, 2.45) is 11.7 Å². The van der Waals surface area contributed by atoms with E-state index in [4.69, 9.17) is 5.73 Å². The van der Waals surface area contributed by atoms with Crippen molar-refractivity contribution in [3.8, 4) is 0 Å². The van der Waals surface area contributed by atoms with Gasteiger partial charge in [-0.1, -0.05) is 12.8 Å². The molecule has 1 aliphatic rings. The fourth-order valence-electron chi connectivity index (χ4n) is 2.49. The Morgan fingerprint density at radius 3 is 2.78 bits per heavy atom. The molecule has 1 aliphatic carbocycles. The normalized spacial score (nSPS) is 16.1. The van der Waals surface area contributed by atoms with Gasteiger partial charge in [-0.05, 0) is 43.5 Å². The second kappa shape index (κ2) is 5.96. The Balaban J connectivity index is 1.91. The fraction of sp³-hybridized carbons (Fsp3) is 0.500. The molecule has 0 spiro atoms. The van der Waals surface area contributed by atoms with Gasteiger partial charge in [0.15, 0.2) is 0 Å². The number of benzene rings is 1. The van der Waals surface area contributed by atoms with Crippen LogP contribution < -0.4 is 11.1 Å². The van der Waals surface area contributed by atoms with E-state index >= 15 is 0 Å². The molecule has 1 aromatic carbocycles. The maximum absolute atomic E-state index is 13.5. The molecule has 2 rings (SSSR count). The summed E-state index contributed by atoms with van der Waals surface area (Å²) in [4.78, 5) is 11.0. The standard InChI is InChI=1S/C14H19FN2O/c15-13-6-5-11(14(16)18)7-12(13)9-17-8-10-3-1-2-4-10/h5-7,10,17H,1-4,8-9H2,(H2,16,18). The summed E-state index contributed by atoms with van der Waals surface area (Å²) in [6, 6.07) is 4.24. The topological polar surface area (TPSA) is 55.1 Å². The summed E-state index contributed by atoms with van der Waals surface area (Å²) in [7, 11) is 0. The van der Waals surface area contributed by atoms with Gasteiger partial charge in [0, 0.05) is 17.7 Å². The van der Waals surface area contributed by atoms with E-state index in [0.29, 0.717) is 23.6 Å². The van der Waals surface area contributed by atoms with Crippen molar-refractivity contribution in [3.05, 3.63) is 35.1 Å². The first-order chi connectivity index (χ1) is 8.66. The third-order valence-corrected chi connectivity index (χ3v) is 3.55. The van der Waals surface area contributed by atoms with Crippen LogP contribution in [0.2, 0.25) is 0 Å². The van der Waals surface area contributed by atoms with Crippen molar-refractivity contribution in [2.45, 2.75) is 32.2 Å². The Bertz CT molecular complexity index is 428. The maximum Gasteiger partial charge on any atom is 0.248 e. The average molecular weight is 250 g/mol. The highest BCUT2D eigenvalue weighted by Crippen LogP contribution is 2.23. The number of carbonyl (C=O) groups excluding carboxylic acids is 1. The highest BCUT2D eigenvalue weighted by atomic mass is 19.1. The van der Waals surface area contributed by atoms with E-state index in [1.54, 1.807) is 0 Å². The molecule has 0 aromatic heterocycles. The van der Waals surface area contributed by atoms with Crippen molar-refractivity contribution in [2.75, 3.05) is 6.54 Å². The molecular weight excluding hydrogens is 231 g/mol. The number of carbonyl (C=O) groups is 1. The molecule has 18 heavy (non-hydrogen) atoms. The molecule has 0 saturated heterocycles. The SMILES string of the molecule is NC(=O)c1ccc(F)c(CNCC2CCCC2)c1. The van der Waals surface area contributed by atoms with Crippen LogP contribution in [0.4, 0.5) is 4.39 Å². The average Bonchev–Trinajstić information content (AvgIpc) is 2.84. The van der Waals surface area contributed by atoms with Gasteiger partial charge in [-0.15, -0.1) is 0 Å². The molecule has 0 aliphatic heterocycles. The summed E-state index contributed by atoms with van der Waals surface area (Å²) >= 11 is 0. The van der Waals surface area contributed by atoms with Crippen LogP contribution in [0.15, 0.2) is 18.2 Å². The summed E-state index contributed by atoms with van der Waals surface area (Å²) in [5.41, 5.74) is 6.04. The highest BCUT2D eigenvalue weighted by Gasteiger charge is 2.14. The van der Waals surface area contributed by atoms with Gasteiger partial charge in [-0.3, -0.25) is 4.79 Å². The molecule has 1 aromatic rings. The third kappa shape index (κ3) is 3.29. The van der Waals surface area contributed by atoms with E-state index in [2.05, 4.69) is 5.32 Å². The zero-order valence-electron chi connectivity index (χ0n) is 10.4. The van der Waals surface area contributed by atoms with Gasteiger partial charge in [-0.2, -0.15) is 0 Å². The highest BCUT2D eigenvalue weighted by molar-refractivity contribution is 5.92. The number of halogens is 1. The van der Waals surface area contributed by atoms with Gasteiger partial charge in [-0.25, -0.2) is 4.39 Å². The lowest BCUT2D eigenvalue weighted by Gasteiger charge is -2.11. The minimum absolute atomic E-state index is 0.293. The van der Waals surface area contributed by atoms with Crippen LogP contribution in [0.5, 0.6) is 0 Å². The number of nitrogens with two attached hydrogens (primary N) is 1. The first-order valence-corrected chi connectivity index (χ1v) is 6.46. The molecule has 0 radical (unpaired) electrons. The van der Waals surface area contributed by atoms with Crippen LogP contribution in [0.3, 0.4) is 0 Å².